The number of ether oxygens (including phenoxy) is 1. The summed E-state index contributed by atoms with van der Waals surface area (Å²) in [4.78, 5) is 26.6. The van der Waals surface area contributed by atoms with Gasteiger partial charge in [0.15, 0.2) is 0 Å². The second kappa shape index (κ2) is 5.95. The fourth-order valence-corrected chi connectivity index (χ4v) is 4.54. The van der Waals surface area contributed by atoms with Gasteiger partial charge < -0.3 is 15.4 Å². The Morgan fingerprint density at radius 2 is 2.00 bits per heavy atom. The highest BCUT2D eigenvalue weighted by Gasteiger charge is 2.50. The van der Waals surface area contributed by atoms with Crippen molar-refractivity contribution in [2.75, 3.05) is 19.7 Å². The van der Waals surface area contributed by atoms with Gasteiger partial charge in [0.25, 0.3) is 0 Å². The van der Waals surface area contributed by atoms with E-state index in [4.69, 9.17) is 10.5 Å². The van der Waals surface area contributed by atoms with Crippen LogP contribution in [-0.2, 0) is 14.3 Å². The van der Waals surface area contributed by atoms with Gasteiger partial charge in [0.05, 0.1) is 18.4 Å². The Bertz CT molecular complexity index is 424. The summed E-state index contributed by atoms with van der Waals surface area (Å²) in [5, 5.41) is 0. The second-order valence-electron chi connectivity index (χ2n) is 6.81. The van der Waals surface area contributed by atoms with Crippen molar-refractivity contribution in [3.63, 3.8) is 0 Å². The molecule has 0 aromatic heterocycles. The highest BCUT2D eigenvalue weighted by atomic mass is 16.5. The molecule has 1 saturated heterocycles. The van der Waals surface area contributed by atoms with Gasteiger partial charge in [-0.3, -0.25) is 9.59 Å². The molecule has 5 heteroatoms. The van der Waals surface area contributed by atoms with Crippen molar-refractivity contribution in [3.05, 3.63) is 0 Å². The standard InChI is InChI=1S/C16H26N2O3/c1-2-21-16(20)12-4-3-7-18(9-12)15(19)13-10-5-6-11(8-10)14(13)17/h10-14H,2-9,17H2,1H3. The molecule has 5 unspecified atom stereocenters. The fraction of sp³-hybridized carbons (Fsp3) is 0.875. The molecule has 1 amide bonds. The summed E-state index contributed by atoms with van der Waals surface area (Å²) < 4.78 is 5.10. The van der Waals surface area contributed by atoms with E-state index in [2.05, 4.69) is 0 Å². The van der Waals surface area contributed by atoms with Crippen LogP contribution in [0.5, 0.6) is 0 Å². The molecule has 1 heterocycles. The number of nitrogens with zero attached hydrogens (tertiary/aromatic N) is 1. The molecule has 2 saturated carbocycles. The van der Waals surface area contributed by atoms with E-state index in [1.165, 1.54) is 6.42 Å². The molecule has 2 N–H and O–H groups in total. The number of hydrogen-bond donors (Lipinski definition) is 1. The number of rotatable bonds is 3. The van der Waals surface area contributed by atoms with Crippen LogP contribution in [0, 0.1) is 23.7 Å². The van der Waals surface area contributed by atoms with Crippen LogP contribution in [0.2, 0.25) is 0 Å². The van der Waals surface area contributed by atoms with E-state index in [1.807, 2.05) is 11.8 Å². The van der Waals surface area contributed by atoms with Crippen LogP contribution >= 0.6 is 0 Å². The molecule has 0 spiro atoms. The summed E-state index contributed by atoms with van der Waals surface area (Å²) in [5.74, 6) is 0.869. The quantitative estimate of drug-likeness (QED) is 0.793. The number of amides is 1. The van der Waals surface area contributed by atoms with Gasteiger partial charge >= 0.3 is 5.97 Å². The monoisotopic (exact) mass is 294 g/mol. The normalized spacial score (nSPS) is 38.6. The lowest BCUT2D eigenvalue weighted by Gasteiger charge is -2.36. The number of nitrogens with two attached hydrogens (primary N) is 1. The first-order chi connectivity index (χ1) is 10.1. The van der Waals surface area contributed by atoms with E-state index in [-0.39, 0.29) is 29.8 Å². The average Bonchev–Trinajstić information content (AvgIpc) is 3.08. The first-order valence-electron chi connectivity index (χ1n) is 8.32. The van der Waals surface area contributed by atoms with Gasteiger partial charge in [-0.15, -0.1) is 0 Å². The smallest absolute Gasteiger partial charge is 0.310 e. The molecule has 2 aliphatic carbocycles. The molecule has 3 fully saturated rings. The summed E-state index contributed by atoms with van der Waals surface area (Å²) in [7, 11) is 0. The zero-order chi connectivity index (χ0) is 15.0. The molecular weight excluding hydrogens is 268 g/mol. The third kappa shape index (κ3) is 2.68. The van der Waals surface area contributed by atoms with Crippen LogP contribution in [0.1, 0.15) is 39.0 Å². The first kappa shape index (κ1) is 14.8. The molecule has 2 bridgehead atoms. The van der Waals surface area contributed by atoms with Gasteiger partial charge in [-0.1, -0.05) is 0 Å². The lowest BCUT2D eigenvalue weighted by Crippen LogP contribution is -2.50. The van der Waals surface area contributed by atoms with E-state index < -0.39 is 0 Å². The number of carbonyl (C=O) groups is 2. The maximum atomic E-state index is 12.8. The van der Waals surface area contributed by atoms with E-state index in [9.17, 15) is 9.59 Å². The Kier molecular flexibility index (Phi) is 4.20. The number of piperidine rings is 1. The zero-order valence-electron chi connectivity index (χ0n) is 12.8. The van der Waals surface area contributed by atoms with Crippen molar-refractivity contribution >= 4 is 11.9 Å². The Labute approximate surface area is 126 Å². The predicted molar refractivity (Wildman–Crippen MR) is 78.2 cm³/mol. The number of likely N-dealkylation sites (tertiary alicyclic amines) is 1. The number of esters is 1. The summed E-state index contributed by atoms with van der Waals surface area (Å²) in [6.45, 7) is 3.49. The van der Waals surface area contributed by atoms with E-state index in [0.29, 0.717) is 25.0 Å². The Balaban J connectivity index is 1.63. The second-order valence-corrected chi connectivity index (χ2v) is 6.81. The molecular formula is C16H26N2O3. The highest BCUT2D eigenvalue weighted by Crippen LogP contribution is 2.48. The van der Waals surface area contributed by atoms with E-state index in [1.54, 1.807) is 0 Å². The highest BCUT2D eigenvalue weighted by molar-refractivity contribution is 5.82. The lowest BCUT2D eigenvalue weighted by molar-refractivity contribution is -0.152. The SMILES string of the molecule is CCOC(=O)C1CCCN(C(=O)C2C3CCC(C3)C2N)C1. The van der Waals surface area contributed by atoms with E-state index in [0.717, 1.165) is 32.2 Å². The van der Waals surface area contributed by atoms with Gasteiger partial charge in [0.1, 0.15) is 0 Å². The maximum Gasteiger partial charge on any atom is 0.310 e. The van der Waals surface area contributed by atoms with Crippen molar-refractivity contribution < 1.29 is 14.3 Å². The van der Waals surface area contributed by atoms with Crippen LogP contribution in [0.15, 0.2) is 0 Å². The largest absolute Gasteiger partial charge is 0.466 e. The van der Waals surface area contributed by atoms with Gasteiger partial charge in [-0.2, -0.15) is 0 Å². The minimum atomic E-state index is -0.160. The van der Waals surface area contributed by atoms with Crippen molar-refractivity contribution in [2.24, 2.45) is 29.4 Å². The molecule has 1 aliphatic heterocycles. The number of fused-ring (bicyclic) bond motifs is 2. The van der Waals surface area contributed by atoms with Crippen LogP contribution in [0.4, 0.5) is 0 Å². The van der Waals surface area contributed by atoms with Crippen molar-refractivity contribution in [3.8, 4) is 0 Å². The van der Waals surface area contributed by atoms with Crippen molar-refractivity contribution in [1.82, 2.24) is 4.90 Å². The van der Waals surface area contributed by atoms with Crippen LogP contribution in [0.3, 0.4) is 0 Å². The fourth-order valence-electron chi connectivity index (χ4n) is 4.54. The molecule has 118 valence electrons. The summed E-state index contributed by atoms with van der Waals surface area (Å²) in [6.07, 6.45) is 5.15. The van der Waals surface area contributed by atoms with Crippen LogP contribution in [-0.4, -0.2) is 42.5 Å². The topological polar surface area (TPSA) is 72.6 Å². The molecule has 5 atom stereocenters. The Morgan fingerprint density at radius 3 is 2.67 bits per heavy atom. The molecule has 3 aliphatic rings. The Hall–Kier alpha value is -1.10. The van der Waals surface area contributed by atoms with Crippen molar-refractivity contribution in [1.29, 1.82) is 0 Å². The van der Waals surface area contributed by atoms with Crippen molar-refractivity contribution in [2.45, 2.75) is 45.1 Å². The average molecular weight is 294 g/mol. The van der Waals surface area contributed by atoms with E-state index >= 15 is 0 Å². The molecule has 0 aromatic carbocycles. The minimum absolute atomic E-state index is 0.00954. The van der Waals surface area contributed by atoms with Gasteiger partial charge in [0, 0.05) is 19.1 Å². The molecule has 0 aromatic rings. The number of carbonyl (C=O) groups excluding carboxylic acids is 2. The van der Waals surface area contributed by atoms with Gasteiger partial charge in [-0.25, -0.2) is 0 Å². The first-order valence-corrected chi connectivity index (χ1v) is 8.32. The molecule has 21 heavy (non-hydrogen) atoms. The minimum Gasteiger partial charge on any atom is -0.466 e. The molecule has 5 nitrogen and oxygen atoms in total. The molecule has 0 radical (unpaired) electrons. The van der Waals surface area contributed by atoms with Crippen LogP contribution < -0.4 is 5.73 Å². The molecule has 3 rings (SSSR count). The third-order valence-corrected chi connectivity index (χ3v) is 5.62. The summed E-state index contributed by atoms with van der Waals surface area (Å²) in [6, 6.07) is 0.0271. The number of hydrogen-bond acceptors (Lipinski definition) is 4. The third-order valence-electron chi connectivity index (χ3n) is 5.62. The zero-order valence-corrected chi connectivity index (χ0v) is 12.8. The summed E-state index contributed by atoms with van der Waals surface area (Å²) >= 11 is 0. The van der Waals surface area contributed by atoms with Crippen LogP contribution in [0.25, 0.3) is 0 Å². The maximum absolute atomic E-state index is 12.8. The lowest BCUT2D eigenvalue weighted by atomic mass is 9.83. The van der Waals surface area contributed by atoms with Gasteiger partial charge in [-0.05, 0) is 50.9 Å². The van der Waals surface area contributed by atoms with Gasteiger partial charge in [0.2, 0.25) is 5.91 Å². The predicted octanol–water partition coefficient (Wildman–Crippen LogP) is 1.16. The summed E-state index contributed by atoms with van der Waals surface area (Å²) in [5.41, 5.74) is 6.27. The Morgan fingerprint density at radius 1 is 1.24 bits per heavy atom.